The van der Waals surface area contributed by atoms with E-state index in [-0.39, 0.29) is 30.9 Å². The number of ether oxygens (including phenoxy) is 2. The molecule has 3 N–H and O–H groups in total. The summed E-state index contributed by atoms with van der Waals surface area (Å²) in [5.74, 6) is -0.598. The Morgan fingerprint density at radius 3 is 2.53 bits per heavy atom. The number of fused-ring (bicyclic) bond motifs is 1. The van der Waals surface area contributed by atoms with Gasteiger partial charge in [0.1, 0.15) is 12.2 Å². The van der Waals surface area contributed by atoms with Crippen LogP contribution >= 0.6 is 0 Å². The van der Waals surface area contributed by atoms with Gasteiger partial charge in [0.2, 0.25) is 0 Å². The minimum atomic E-state index is -0.806. The minimum absolute atomic E-state index is 0.0498. The Hall–Kier alpha value is -0.200. The molecule has 0 aromatic carbocycles. The molecule has 5 nitrogen and oxygen atoms in total. The second kappa shape index (κ2) is 3.68. The third-order valence-electron chi connectivity index (χ3n) is 3.07. The molecule has 2 aliphatic heterocycles. The molecule has 15 heavy (non-hydrogen) atoms. The molecule has 0 aromatic heterocycles. The highest BCUT2D eigenvalue weighted by molar-refractivity contribution is 5.04. The zero-order chi connectivity index (χ0) is 11.2. The van der Waals surface area contributed by atoms with E-state index in [9.17, 15) is 5.11 Å². The molecule has 0 aliphatic carbocycles. The van der Waals surface area contributed by atoms with E-state index in [1.807, 2.05) is 20.8 Å². The predicted molar refractivity (Wildman–Crippen MR) is 53.3 cm³/mol. The van der Waals surface area contributed by atoms with Crippen LogP contribution in [-0.4, -0.2) is 53.0 Å². The summed E-state index contributed by atoms with van der Waals surface area (Å²) >= 11 is 0. The van der Waals surface area contributed by atoms with Crippen molar-refractivity contribution in [3.63, 3.8) is 0 Å². The van der Waals surface area contributed by atoms with Crippen molar-refractivity contribution in [2.45, 2.75) is 57.0 Å². The highest BCUT2D eigenvalue weighted by Gasteiger charge is 2.53. The molecule has 5 heteroatoms. The summed E-state index contributed by atoms with van der Waals surface area (Å²) < 4.78 is 11.5. The van der Waals surface area contributed by atoms with Gasteiger partial charge in [-0.05, 0) is 20.8 Å². The highest BCUT2D eigenvalue weighted by atomic mass is 16.8. The average molecular weight is 217 g/mol. The van der Waals surface area contributed by atoms with E-state index in [1.54, 1.807) is 0 Å². The van der Waals surface area contributed by atoms with Gasteiger partial charge in [0, 0.05) is 6.04 Å². The van der Waals surface area contributed by atoms with E-state index in [0.717, 1.165) is 0 Å². The second-order valence-electron chi connectivity index (χ2n) is 4.80. The first kappa shape index (κ1) is 11.3. The van der Waals surface area contributed by atoms with Crippen molar-refractivity contribution in [3.05, 3.63) is 0 Å². The van der Waals surface area contributed by atoms with Gasteiger partial charge in [0.15, 0.2) is 5.79 Å². The third-order valence-corrected chi connectivity index (χ3v) is 3.07. The Balaban J connectivity index is 2.12. The van der Waals surface area contributed by atoms with Gasteiger partial charge in [-0.2, -0.15) is 0 Å². The fourth-order valence-electron chi connectivity index (χ4n) is 2.42. The number of hydrogen-bond donors (Lipinski definition) is 3. The molecule has 0 saturated carbocycles. The molecule has 2 saturated heterocycles. The summed E-state index contributed by atoms with van der Waals surface area (Å²) in [6.07, 6.45) is -1.04. The number of hydrogen-bond acceptors (Lipinski definition) is 5. The molecule has 88 valence electrons. The Morgan fingerprint density at radius 2 is 1.93 bits per heavy atom. The quantitative estimate of drug-likeness (QED) is 0.566. The lowest BCUT2D eigenvalue weighted by Gasteiger charge is -2.25. The first-order valence-electron chi connectivity index (χ1n) is 5.35. The molecule has 2 rings (SSSR count). The van der Waals surface area contributed by atoms with Crippen LogP contribution in [0.4, 0.5) is 0 Å². The molecule has 0 radical (unpaired) electrons. The summed E-state index contributed by atoms with van der Waals surface area (Å²) in [7, 11) is 0. The average Bonchev–Trinajstić information content (AvgIpc) is 2.61. The van der Waals surface area contributed by atoms with E-state index in [2.05, 4.69) is 5.32 Å². The van der Waals surface area contributed by atoms with E-state index in [0.29, 0.717) is 0 Å². The van der Waals surface area contributed by atoms with Crippen LogP contribution in [0.1, 0.15) is 20.8 Å². The molecule has 0 bridgehead atoms. The second-order valence-corrected chi connectivity index (χ2v) is 4.80. The number of nitrogens with one attached hydrogen (secondary N) is 1. The number of rotatable bonds is 2. The summed E-state index contributed by atoms with van der Waals surface area (Å²) in [5.41, 5.74) is 0. The van der Waals surface area contributed by atoms with Crippen molar-refractivity contribution < 1.29 is 19.7 Å². The van der Waals surface area contributed by atoms with Gasteiger partial charge in [-0.1, -0.05) is 0 Å². The fourth-order valence-corrected chi connectivity index (χ4v) is 2.42. The number of aliphatic hydroxyl groups is 2. The van der Waals surface area contributed by atoms with Crippen LogP contribution in [0.15, 0.2) is 0 Å². The summed E-state index contributed by atoms with van der Waals surface area (Å²) in [6, 6.07) is -0.125. The summed E-state index contributed by atoms with van der Waals surface area (Å²) in [5, 5.41) is 21.8. The Bertz CT molecular complexity index is 246. The van der Waals surface area contributed by atoms with Crippen LogP contribution in [0.5, 0.6) is 0 Å². The van der Waals surface area contributed by atoms with Crippen LogP contribution in [-0.2, 0) is 9.47 Å². The smallest absolute Gasteiger partial charge is 0.163 e. The molecule has 1 unspecified atom stereocenters. The van der Waals surface area contributed by atoms with Crippen LogP contribution in [0.2, 0.25) is 0 Å². The Morgan fingerprint density at radius 1 is 1.33 bits per heavy atom. The monoisotopic (exact) mass is 217 g/mol. The van der Waals surface area contributed by atoms with E-state index in [1.165, 1.54) is 0 Å². The van der Waals surface area contributed by atoms with Crippen LogP contribution in [0.25, 0.3) is 0 Å². The molecule has 5 atom stereocenters. The number of aliphatic hydroxyl groups excluding tert-OH is 2. The van der Waals surface area contributed by atoms with Crippen molar-refractivity contribution in [2.24, 2.45) is 0 Å². The zero-order valence-electron chi connectivity index (χ0n) is 9.30. The van der Waals surface area contributed by atoms with E-state index >= 15 is 0 Å². The molecular formula is C10H19NO4. The zero-order valence-corrected chi connectivity index (χ0v) is 9.30. The minimum Gasteiger partial charge on any atom is -0.394 e. The summed E-state index contributed by atoms with van der Waals surface area (Å²) in [4.78, 5) is 0. The van der Waals surface area contributed by atoms with Gasteiger partial charge in [-0.3, -0.25) is 0 Å². The Labute approximate surface area is 89.4 Å². The molecule has 0 spiro atoms. The van der Waals surface area contributed by atoms with Crippen molar-refractivity contribution in [1.29, 1.82) is 0 Å². The topological polar surface area (TPSA) is 71.0 Å². The van der Waals surface area contributed by atoms with E-state index < -0.39 is 11.9 Å². The van der Waals surface area contributed by atoms with Gasteiger partial charge in [-0.25, -0.2) is 0 Å². The largest absolute Gasteiger partial charge is 0.394 e. The third kappa shape index (κ3) is 1.90. The van der Waals surface area contributed by atoms with E-state index in [4.69, 9.17) is 14.6 Å². The van der Waals surface area contributed by atoms with Crippen molar-refractivity contribution in [2.75, 3.05) is 6.61 Å². The van der Waals surface area contributed by atoms with Crippen molar-refractivity contribution >= 4 is 0 Å². The van der Waals surface area contributed by atoms with Gasteiger partial charge in [-0.15, -0.1) is 0 Å². The standard InChI is InChI=1S/C10H19NO4/c1-5-8-9(15-10(2,3)14-8)7(11-5)6(13)4-12/h5-9,11-13H,4H2,1-3H3/t5-,6?,7+,8-,9+/m1/s1. The first-order valence-corrected chi connectivity index (χ1v) is 5.35. The molecule has 2 heterocycles. The van der Waals surface area contributed by atoms with Crippen LogP contribution in [0.3, 0.4) is 0 Å². The maximum Gasteiger partial charge on any atom is 0.163 e. The van der Waals surface area contributed by atoms with Gasteiger partial charge in [0.05, 0.1) is 18.8 Å². The van der Waals surface area contributed by atoms with Gasteiger partial charge >= 0.3 is 0 Å². The molecule has 0 amide bonds. The molecule has 2 aliphatic rings. The van der Waals surface area contributed by atoms with Crippen LogP contribution in [0, 0.1) is 0 Å². The fraction of sp³-hybridized carbons (Fsp3) is 1.00. The Kier molecular flexibility index (Phi) is 2.77. The first-order chi connectivity index (χ1) is 6.94. The predicted octanol–water partition coefficient (Wildman–Crippen LogP) is -0.780. The highest BCUT2D eigenvalue weighted by Crippen LogP contribution is 2.36. The lowest BCUT2D eigenvalue weighted by Crippen LogP contribution is -2.46. The molecule has 0 aromatic rings. The molecule has 2 fully saturated rings. The summed E-state index contributed by atoms with van der Waals surface area (Å²) in [6.45, 7) is 5.45. The maximum absolute atomic E-state index is 9.64. The normalized spacial score (nSPS) is 45.4. The van der Waals surface area contributed by atoms with Gasteiger partial charge < -0.3 is 25.0 Å². The SMILES string of the molecule is C[C@H]1N[C@@H](C(O)CO)[C@@H]2OC(C)(C)O[C@@H]21. The maximum atomic E-state index is 9.64. The lowest BCUT2D eigenvalue weighted by molar-refractivity contribution is -0.160. The molecular weight excluding hydrogens is 198 g/mol. The van der Waals surface area contributed by atoms with Crippen LogP contribution < -0.4 is 5.32 Å². The van der Waals surface area contributed by atoms with Gasteiger partial charge in [0.25, 0.3) is 0 Å². The van der Waals surface area contributed by atoms with Crippen molar-refractivity contribution in [1.82, 2.24) is 5.32 Å². The van der Waals surface area contributed by atoms with Crippen molar-refractivity contribution in [3.8, 4) is 0 Å². The lowest BCUT2D eigenvalue weighted by atomic mass is 10.0.